The van der Waals surface area contributed by atoms with Crippen molar-refractivity contribution in [1.82, 2.24) is 19.5 Å². The van der Waals surface area contributed by atoms with Crippen LogP contribution in [0.2, 0.25) is 0 Å². The highest BCUT2D eigenvalue weighted by Gasteiger charge is 1.99. The van der Waals surface area contributed by atoms with Crippen molar-refractivity contribution in [2.24, 2.45) is 7.05 Å². The Kier molecular flexibility index (Phi) is 2.62. The molecule has 0 bridgehead atoms. The summed E-state index contributed by atoms with van der Waals surface area (Å²) in [5.74, 6) is 0. The Morgan fingerprint density at radius 2 is 2.29 bits per heavy atom. The zero-order valence-corrected chi connectivity index (χ0v) is 8.14. The summed E-state index contributed by atoms with van der Waals surface area (Å²) in [6.07, 6.45) is 11.3. The number of H-pyrrole nitrogens is 1. The van der Waals surface area contributed by atoms with Gasteiger partial charge in [0.1, 0.15) is 0 Å². The molecule has 0 aliphatic carbocycles. The zero-order valence-electron chi connectivity index (χ0n) is 8.14. The number of nitrogens with zero attached hydrogens (tertiary/aromatic N) is 3. The maximum atomic E-state index is 4.06. The smallest absolute Gasteiger partial charge is 0.0945 e. The molecule has 4 heteroatoms. The van der Waals surface area contributed by atoms with Gasteiger partial charge in [-0.3, -0.25) is 0 Å². The maximum Gasteiger partial charge on any atom is 0.0945 e. The average Bonchev–Trinajstić information content (AvgIpc) is 2.78. The van der Waals surface area contributed by atoms with Crippen molar-refractivity contribution in [2.45, 2.75) is 12.8 Å². The molecule has 0 amide bonds. The molecule has 0 saturated carbocycles. The van der Waals surface area contributed by atoms with E-state index in [9.17, 15) is 0 Å². The molecule has 2 heterocycles. The lowest BCUT2D eigenvalue weighted by Crippen LogP contribution is -1.97. The van der Waals surface area contributed by atoms with Crippen LogP contribution >= 0.6 is 0 Å². The highest BCUT2D eigenvalue weighted by Crippen LogP contribution is 2.03. The number of aromatic nitrogens is 4. The van der Waals surface area contributed by atoms with Crippen LogP contribution in [-0.4, -0.2) is 19.5 Å². The average molecular weight is 189 g/mol. The Bertz CT molecular complexity index is 374. The molecule has 0 spiro atoms. The summed E-state index contributed by atoms with van der Waals surface area (Å²) in [7, 11) is 2.01. The van der Waals surface area contributed by atoms with Crippen molar-refractivity contribution in [3.63, 3.8) is 0 Å². The van der Waals surface area contributed by atoms with Gasteiger partial charge < -0.3 is 9.55 Å². The van der Waals surface area contributed by atoms with Crippen LogP contribution in [0.3, 0.4) is 0 Å². The molecule has 2 aromatic heterocycles. The Morgan fingerprint density at radius 3 is 2.93 bits per heavy atom. The molecular formula is C10H13N4. The fraction of sp³-hybridized carbons (Fsp3) is 0.300. The second-order valence-electron chi connectivity index (χ2n) is 3.27. The van der Waals surface area contributed by atoms with Crippen LogP contribution in [0.5, 0.6) is 0 Å². The second-order valence-corrected chi connectivity index (χ2v) is 3.27. The van der Waals surface area contributed by atoms with Gasteiger partial charge in [-0.15, -0.1) is 0 Å². The van der Waals surface area contributed by atoms with Crippen molar-refractivity contribution in [1.29, 1.82) is 0 Å². The number of hydrogen-bond acceptors (Lipinski definition) is 2. The molecule has 14 heavy (non-hydrogen) atoms. The molecule has 0 unspecified atom stereocenters. The Labute approximate surface area is 83.0 Å². The molecule has 0 aliphatic rings. The summed E-state index contributed by atoms with van der Waals surface area (Å²) in [4.78, 5) is 11.1. The molecule has 2 rings (SSSR count). The van der Waals surface area contributed by atoms with Gasteiger partial charge in [0.05, 0.1) is 12.7 Å². The number of hydrogen-bond donors (Lipinski definition) is 1. The quantitative estimate of drug-likeness (QED) is 0.783. The van der Waals surface area contributed by atoms with Crippen molar-refractivity contribution < 1.29 is 0 Å². The van der Waals surface area contributed by atoms with Gasteiger partial charge in [-0.1, -0.05) is 0 Å². The number of aryl methyl sites for hydroxylation is 1. The van der Waals surface area contributed by atoms with Gasteiger partial charge in [0, 0.05) is 30.8 Å². The maximum absolute atomic E-state index is 4.06. The number of nitrogens with one attached hydrogen (secondary N) is 1. The van der Waals surface area contributed by atoms with Crippen LogP contribution in [0.4, 0.5) is 0 Å². The van der Waals surface area contributed by atoms with Gasteiger partial charge in [-0.2, -0.15) is 0 Å². The first-order valence-electron chi connectivity index (χ1n) is 4.60. The molecule has 0 saturated heterocycles. The van der Waals surface area contributed by atoms with Gasteiger partial charge in [0.15, 0.2) is 0 Å². The second kappa shape index (κ2) is 4.09. The molecule has 0 atom stereocenters. The van der Waals surface area contributed by atoms with Crippen LogP contribution in [0.15, 0.2) is 25.0 Å². The molecule has 0 fully saturated rings. The summed E-state index contributed by atoms with van der Waals surface area (Å²) in [6.45, 7) is 0. The predicted octanol–water partition coefficient (Wildman–Crippen LogP) is 1.13. The fourth-order valence-electron chi connectivity index (χ4n) is 1.35. The highest BCUT2D eigenvalue weighted by molar-refractivity contribution is 5.05. The van der Waals surface area contributed by atoms with E-state index in [2.05, 4.69) is 21.4 Å². The third-order valence-electron chi connectivity index (χ3n) is 2.19. The van der Waals surface area contributed by atoms with E-state index in [0.717, 1.165) is 18.5 Å². The van der Waals surface area contributed by atoms with Gasteiger partial charge in [-0.25, -0.2) is 9.97 Å². The van der Waals surface area contributed by atoms with Crippen molar-refractivity contribution in [2.75, 3.05) is 0 Å². The van der Waals surface area contributed by atoms with E-state index in [1.165, 1.54) is 5.69 Å². The van der Waals surface area contributed by atoms with E-state index in [4.69, 9.17) is 0 Å². The first kappa shape index (κ1) is 8.99. The number of aromatic amines is 1. The van der Waals surface area contributed by atoms with Crippen LogP contribution in [0.1, 0.15) is 11.4 Å². The molecular weight excluding hydrogens is 176 g/mol. The van der Waals surface area contributed by atoms with Gasteiger partial charge in [-0.05, 0) is 19.3 Å². The standard InChI is InChI=1S/C10H13N4/c1-14-8-12-6-10(14)4-2-3-9-5-11-7-13-9/h2,5-8H,3-4H2,1H3,(H,11,13). The summed E-state index contributed by atoms with van der Waals surface area (Å²) in [5, 5.41) is 0. The van der Waals surface area contributed by atoms with E-state index in [-0.39, 0.29) is 0 Å². The van der Waals surface area contributed by atoms with Crippen molar-refractivity contribution >= 4 is 0 Å². The Morgan fingerprint density at radius 1 is 1.36 bits per heavy atom. The van der Waals surface area contributed by atoms with E-state index >= 15 is 0 Å². The number of rotatable bonds is 4. The molecule has 2 aromatic rings. The Hall–Kier alpha value is -1.58. The molecule has 1 radical (unpaired) electrons. The first-order valence-corrected chi connectivity index (χ1v) is 4.60. The summed E-state index contributed by atoms with van der Waals surface area (Å²) < 4.78 is 2.03. The lowest BCUT2D eigenvalue weighted by Gasteiger charge is -2.00. The SMILES string of the molecule is Cn1cncc1C[CH]Cc1cnc[nH]1. The van der Waals surface area contributed by atoms with E-state index in [1.807, 2.05) is 30.3 Å². The van der Waals surface area contributed by atoms with Crippen molar-refractivity contribution in [3.8, 4) is 0 Å². The number of imidazole rings is 2. The monoisotopic (exact) mass is 189 g/mol. The van der Waals surface area contributed by atoms with Crippen LogP contribution in [0, 0.1) is 6.42 Å². The third kappa shape index (κ3) is 2.02. The fourth-order valence-corrected chi connectivity index (χ4v) is 1.35. The molecule has 0 aliphatic heterocycles. The minimum Gasteiger partial charge on any atom is -0.348 e. The van der Waals surface area contributed by atoms with Gasteiger partial charge in [0.25, 0.3) is 0 Å². The lowest BCUT2D eigenvalue weighted by atomic mass is 10.2. The topological polar surface area (TPSA) is 46.5 Å². The predicted molar refractivity (Wildman–Crippen MR) is 53.5 cm³/mol. The van der Waals surface area contributed by atoms with Crippen molar-refractivity contribution in [3.05, 3.63) is 42.9 Å². The molecule has 73 valence electrons. The summed E-state index contributed by atoms with van der Waals surface area (Å²) in [6, 6.07) is 0. The normalized spacial score (nSPS) is 10.6. The third-order valence-corrected chi connectivity index (χ3v) is 2.19. The summed E-state index contributed by atoms with van der Waals surface area (Å²) >= 11 is 0. The highest BCUT2D eigenvalue weighted by atomic mass is 15.0. The van der Waals surface area contributed by atoms with E-state index in [1.54, 1.807) is 6.33 Å². The van der Waals surface area contributed by atoms with E-state index < -0.39 is 0 Å². The Balaban J connectivity index is 1.81. The lowest BCUT2D eigenvalue weighted by molar-refractivity contribution is 0.826. The van der Waals surface area contributed by atoms with Crippen LogP contribution in [-0.2, 0) is 19.9 Å². The minimum absolute atomic E-state index is 0.922. The van der Waals surface area contributed by atoms with Crippen LogP contribution < -0.4 is 0 Å². The van der Waals surface area contributed by atoms with Gasteiger partial charge in [0.2, 0.25) is 0 Å². The molecule has 1 N–H and O–H groups in total. The van der Waals surface area contributed by atoms with Gasteiger partial charge >= 0.3 is 0 Å². The van der Waals surface area contributed by atoms with Crippen LogP contribution in [0.25, 0.3) is 0 Å². The summed E-state index contributed by atoms with van der Waals surface area (Å²) in [5.41, 5.74) is 2.37. The molecule has 0 aromatic carbocycles. The largest absolute Gasteiger partial charge is 0.348 e. The molecule has 4 nitrogen and oxygen atoms in total. The first-order chi connectivity index (χ1) is 6.86. The zero-order chi connectivity index (χ0) is 9.80. The van der Waals surface area contributed by atoms with E-state index in [0.29, 0.717) is 0 Å². The minimum atomic E-state index is 0.922.